The Kier molecular flexibility index (Phi) is 7.17. The summed E-state index contributed by atoms with van der Waals surface area (Å²) in [5.41, 5.74) is 4.33. The van der Waals surface area contributed by atoms with Crippen molar-refractivity contribution in [3.63, 3.8) is 0 Å². The third-order valence-corrected chi connectivity index (χ3v) is 5.59. The number of nitrogens with zero attached hydrogens (tertiary/aromatic N) is 1. The van der Waals surface area contributed by atoms with Crippen molar-refractivity contribution in [1.82, 2.24) is 4.90 Å². The van der Waals surface area contributed by atoms with Gasteiger partial charge in [0, 0.05) is 24.3 Å². The molecule has 3 aromatic carbocycles. The first kappa shape index (κ1) is 22.3. The van der Waals surface area contributed by atoms with E-state index in [1.165, 1.54) is 11.1 Å². The fourth-order valence-corrected chi connectivity index (χ4v) is 3.82. The van der Waals surface area contributed by atoms with Crippen LogP contribution < -0.4 is 15.4 Å². The first-order chi connectivity index (χ1) is 16.1. The summed E-state index contributed by atoms with van der Waals surface area (Å²) in [6.07, 6.45) is 3.12. The minimum atomic E-state index is -0.244. The van der Waals surface area contributed by atoms with Crippen LogP contribution in [0.5, 0.6) is 5.75 Å². The van der Waals surface area contributed by atoms with Gasteiger partial charge in [-0.05, 0) is 54.0 Å². The minimum Gasteiger partial charge on any atom is -0.495 e. The van der Waals surface area contributed by atoms with Gasteiger partial charge in [-0.1, -0.05) is 48.5 Å². The highest BCUT2D eigenvalue weighted by atomic mass is 16.5. The van der Waals surface area contributed by atoms with E-state index in [0.29, 0.717) is 29.2 Å². The van der Waals surface area contributed by atoms with Crippen molar-refractivity contribution in [3.8, 4) is 5.75 Å². The summed E-state index contributed by atoms with van der Waals surface area (Å²) in [5.74, 6) is 0.280. The molecule has 3 aromatic rings. The third kappa shape index (κ3) is 5.87. The molecule has 0 unspecified atom stereocenters. The lowest BCUT2D eigenvalue weighted by atomic mass is 10.00. The number of benzene rings is 3. The predicted octanol–water partition coefficient (Wildman–Crippen LogP) is 4.68. The van der Waals surface area contributed by atoms with Crippen molar-refractivity contribution in [2.75, 3.05) is 37.4 Å². The number of rotatable bonds is 7. The second-order valence-corrected chi connectivity index (χ2v) is 7.86. The molecule has 0 bridgehead atoms. The largest absolute Gasteiger partial charge is 0.495 e. The van der Waals surface area contributed by atoms with Gasteiger partial charge in [0.15, 0.2) is 0 Å². The molecule has 0 spiro atoms. The lowest BCUT2D eigenvalue weighted by Crippen LogP contribution is -2.36. The van der Waals surface area contributed by atoms with Crippen LogP contribution in [0.15, 0.2) is 84.9 Å². The first-order valence-corrected chi connectivity index (χ1v) is 10.9. The molecule has 0 atom stereocenters. The zero-order valence-electron chi connectivity index (χ0n) is 18.6. The summed E-state index contributed by atoms with van der Waals surface area (Å²) in [4.78, 5) is 27.2. The van der Waals surface area contributed by atoms with Crippen molar-refractivity contribution in [2.24, 2.45) is 0 Å². The van der Waals surface area contributed by atoms with E-state index in [-0.39, 0.29) is 11.8 Å². The molecule has 0 radical (unpaired) electrons. The highest BCUT2D eigenvalue weighted by Crippen LogP contribution is 2.24. The first-order valence-electron chi connectivity index (χ1n) is 10.9. The van der Waals surface area contributed by atoms with Crippen molar-refractivity contribution in [2.45, 2.75) is 6.42 Å². The molecule has 33 heavy (non-hydrogen) atoms. The maximum absolute atomic E-state index is 12.5. The molecule has 4 rings (SSSR count). The molecule has 2 amide bonds. The monoisotopic (exact) mass is 441 g/mol. The van der Waals surface area contributed by atoms with Gasteiger partial charge in [0.25, 0.3) is 5.91 Å². The van der Waals surface area contributed by atoms with Gasteiger partial charge >= 0.3 is 0 Å². The van der Waals surface area contributed by atoms with Crippen LogP contribution in [0, 0.1) is 0 Å². The molecule has 168 valence electrons. The van der Waals surface area contributed by atoms with Crippen molar-refractivity contribution in [1.29, 1.82) is 0 Å². The van der Waals surface area contributed by atoms with E-state index >= 15 is 0 Å². The summed E-state index contributed by atoms with van der Waals surface area (Å²) in [7, 11) is 1.56. The number of hydrogen-bond acceptors (Lipinski definition) is 4. The van der Waals surface area contributed by atoms with E-state index in [0.717, 1.165) is 19.5 Å². The molecule has 0 aromatic heterocycles. The standard InChI is InChI=1S/C27H27N3O3/c1-33-25-10-6-5-9-24(25)29-27(32)22-11-13-23(14-12-22)28-26(31)19-30-17-15-21(16-18-30)20-7-3-2-4-8-20/h2-15H,16-19H2,1H3,(H,28,31)(H,29,32). The second kappa shape index (κ2) is 10.6. The van der Waals surface area contributed by atoms with Crippen LogP contribution in [0.4, 0.5) is 11.4 Å². The third-order valence-electron chi connectivity index (χ3n) is 5.59. The normalized spacial score (nSPS) is 13.7. The van der Waals surface area contributed by atoms with Gasteiger partial charge in [0.2, 0.25) is 5.91 Å². The molecule has 1 aliphatic heterocycles. The van der Waals surface area contributed by atoms with E-state index in [9.17, 15) is 9.59 Å². The number of carbonyl (C=O) groups excluding carboxylic acids is 2. The van der Waals surface area contributed by atoms with Gasteiger partial charge in [-0.15, -0.1) is 0 Å². The highest BCUT2D eigenvalue weighted by molar-refractivity contribution is 6.05. The van der Waals surface area contributed by atoms with Crippen LogP contribution in [0.1, 0.15) is 22.3 Å². The summed E-state index contributed by atoms with van der Waals surface area (Å²) >= 11 is 0. The zero-order valence-corrected chi connectivity index (χ0v) is 18.6. The molecular weight excluding hydrogens is 414 g/mol. The van der Waals surface area contributed by atoms with E-state index in [1.54, 1.807) is 43.5 Å². The van der Waals surface area contributed by atoms with Gasteiger partial charge in [-0.3, -0.25) is 14.5 Å². The fraction of sp³-hybridized carbons (Fsp3) is 0.185. The molecule has 0 saturated carbocycles. The Morgan fingerprint density at radius 2 is 1.64 bits per heavy atom. The van der Waals surface area contributed by atoms with Gasteiger partial charge in [-0.2, -0.15) is 0 Å². The van der Waals surface area contributed by atoms with Crippen LogP contribution >= 0.6 is 0 Å². The van der Waals surface area contributed by atoms with Crippen LogP contribution in [-0.2, 0) is 4.79 Å². The molecule has 6 heteroatoms. The average Bonchev–Trinajstić information content (AvgIpc) is 2.86. The van der Waals surface area contributed by atoms with E-state index in [1.807, 2.05) is 30.3 Å². The SMILES string of the molecule is COc1ccccc1NC(=O)c1ccc(NC(=O)CN2CC=C(c3ccccc3)CC2)cc1. The van der Waals surface area contributed by atoms with Crippen LogP contribution in [0.3, 0.4) is 0 Å². The molecular formula is C27H27N3O3. The number of methoxy groups -OCH3 is 1. The van der Waals surface area contributed by atoms with Gasteiger partial charge in [-0.25, -0.2) is 0 Å². The molecule has 0 fully saturated rings. The number of anilines is 2. The van der Waals surface area contributed by atoms with Gasteiger partial charge in [0.05, 0.1) is 19.3 Å². The van der Waals surface area contributed by atoms with E-state index in [4.69, 9.17) is 4.74 Å². The second-order valence-electron chi connectivity index (χ2n) is 7.86. The fourth-order valence-electron chi connectivity index (χ4n) is 3.82. The molecule has 0 aliphatic carbocycles. The van der Waals surface area contributed by atoms with Gasteiger partial charge < -0.3 is 15.4 Å². The van der Waals surface area contributed by atoms with Crippen molar-refractivity contribution < 1.29 is 14.3 Å². The Balaban J connectivity index is 1.29. The van der Waals surface area contributed by atoms with Crippen LogP contribution in [-0.4, -0.2) is 43.5 Å². The number of nitrogens with one attached hydrogen (secondary N) is 2. The van der Waals surface area contributed by atoms with Crippen LogP contribution in [0.2, 0.25) is 0 Å². The zero-order chi connectivity index (χ0) is 23.0. The summed E-state index contributed by atoms with van der Waals surface area (Å²) in [5, 5.41) is 5.76. The molecule has 2 N–H and O–H groups in total. The number of carbonyl (C=O) groups is 2. The smallest absolute Gasteiger partial charge is 0.255 e. The minimum absolute atomic E-state index is 0.0715. The molecule has 1 aliphatic rings. The lowest BCUT2D eigenvalue weighted by Gasteiger charge is -2.25. The molecule has 1 heterocycles. The quantitative estimate of drug-likeness (QED) is 0.559. The Labute approximate surface area is 193 Å². The summed E-state index contributed by atoms with van der Waals surface area (Å²) < 4.78 is 5.27. The highest BCUT2D eigenvalue weighted by Gasteiger charge is 2.16. The number of amides is 2. The Hall–Kier alpha value is -3.90. The van der Waals surface area contributed by atoms with E-state index < -0.39 is 0 Å². The Morgan fingerprint density at radius 1 is 0.909 bits per heavy atom. The topological polar surface area (TPSA) is 70.7 Å². The molecule has 6 nitrogen and oxygen atoms in total. The summed E-state index contributed by atoms with van der Waals surface area (Å²) in [6, 6.07) is 24.4. The predicted molar refractivity (Wildman–Crippen MR) is 131 cm³/mol. The maximum atomic E-state index is 12.5. The number of hydrogen-bond donors (Lipinski definition) is 2. The number of para-hydroxylation sites is 2. The van der Waals surface area contributed by atoms with Crippen LogP contribution in [0.25, 0.3) is 5.57 Å². The Morgan fingerprint density at radius 3 is 2.33 bits per heavy atom. The Bertz CT molecular complexity index is 1140. The maximum Gasteiger partial charge on any atom is 0.255 e. The van der Waals surface area contributed by atoms with Crippen molar-refractivity contribution >= 4 is 28.8 Å². The lowest BCUT2D eigenvalue weighted by molar-refractivity contribution is -0.117. The average molecular weight is 442 g/mol. The van der Waals surface area contributed by atoms with E-state index in [2.05, 4.69) is 33.7 Å². The molecule has 0 saturated heterocycles. The van der Waals surface area contributed by atoms with Crippen molar-refractivity contribution in [3.05, 3.63) is 96.1 Å². The summed E-state index contributed by atoms with van der Waals surface area (Å²) in [6.45, 7) is 1.92. The number of ether oxygens (including phenoxy) is 1. The van der Waals surface area contributed by atoms with Gasteiger partial charge in [0.1, 0.15) is 5.75 Å².